The Morgan fingerprint density at radius 1 is 1.11 bits per heavy atom. The predicted octanol–water partition coefficient (Wildman–Crippen LogP) is 0.245. The molecule has 0 heterocycles. The van der Waals surface area contributed by atoms with E-state index in [1.807, 2.05) is 0 Å². The lowest BCUT2D eigenvalue weighted by Crippen LogP contribution is -2.30. The number of nitrogens with one attached hydrogen (secondary N) is 2. The summed E-state index contributed by atoms with van der Waals surface area (Å²) in [6.07, 6.45) is 4.72. The van der Waals surface area contributed by atoms with Gasteiger partial charge in [-0.3, -0.25) is 0 Å². The van der Waals surface area contributed by atoms with Gasteiger partial charge in [-0.15, -0.1) is 0 Å². The summed E-state index contributed by atoms with van der Waals surface area (Å²) in [4.78, 5) is 21.4. The van der Waals surface area contributed by atoms with Gasteiger partial charge in [0.15, 0.2) is 0 Å². The zero-order valence-corrected chi connectivity index (χ0v) is 10.6. The van der Waals surface area contributed by atoms with Gasteiger partial charge in [-0.05, 0) is 38.0 Å². The van der Waals surface area contributed by atoms with Gasteiger partial charge < -0.3 is 11.5 Å². The molecule has 2 saturated carbocycles. The van der Waals surface area contributed by atoms with Crippen molar-refractivity contribution < 1.29 is 9.59 Å². The number of urea groups is 2. The van der Waals surface area contributed by atoms with Crippen molar-refractivity contribution in [3.8, 4) is 0 Å². The number of nitrogens with zero attached hydrogens (tertiary/aromatic N) is 2. The second-order valence-corrected chi connectivity index (χ2v) is 4.91. The van der Waals surface area contributed by atoms with E-state index in [1.54, 1.807) is 0 Å². The molecule has 104 valence electrons. The quantitative estimate of drug-likeness (QED) is 0.533. The van der Waals surface area contributed by atoms with Gasteiger partial charge in [0.2, 0.25) is 0 Å². The topological polar surface area (TPSA) is 135 Å². The van der Waals surface area contributed by atoms with E-state index in [9.17, 15) is 9.59 Å². The fourth-order valence-electron chi connectivity index (χ4n) is 2.80. The lowest BCUT2D eigenvalue weighted by atomic mass is 9.97. The zero-order chi connectivity index (χ0) is 13.8. The van der Waals surface area contributed by atoms with Crippen molar-refractivity contribution in [2.24, 2.45) is 33.5 Å². The fourth-order valence-corrected chi connectivity index (χ4v) is 2.80. The zero-order valence-electron chi connectivity index (χ0n) is 10.6. The molecule has 0 radical (unpaired) electrons. The molecule has 0 spiro atoms. The van der Waals surface area contributed by atoms with E-state index < -0.39 is 12.1 Å². The molecule has 2 aliphatic rings. The van der Waals surface area contributed by atoms with Gasteiger partial charge in [0, 0.05) is 17.3 Å². The molecule has 2 bridgehead atoms. The van der Waals surface area contributed by atoms with Crippen molar-refractivity contribution in [1.29, 1.82) is 0 Å². The third-order valence-electron chi connectivity index (χ3n) is 3.54. The van der Waals surface area contributed by atoms with Crippen molar-refractivity contribution >= 4 is 23.5 Å². The molecule has 19 heavy (non-hydrogen) atoms. The van der Waals surface area contributed by atoms with E-state index in [0.717, 1.165) is 43.5 Å². The Kier molecular flexibility index (Phi) is 3.98. The minimum atomic E-state index is -0.681. The number of nitrogens with two attached hydrogens (primary N) is 2. The van der Waals surface area contributed by atoms with Crippen LogP contribution in [0.3, 0.4) is 0 Å². The molecule has 0 aliphatic heterocycles. The van der Waals surface area contributed by atoms with Crippen LogP contribution in [0.15, 0.2) is 10.2 Å². The van der Waals surface area contributed by atoms with E-state index in [-0.39, 0.29) is 5.92 Å². The predicted molar refractivity (Wildman–Crippen MR) is 70.4 cm³/mol. The first-order chi connectivity index (χ1) is 9.06. The average molecular weight is 266 g/mol. The van der Waals surface area contributed by atoms with Gasteiger partial charge in [-0.2, -0.15) is 10.2 Å². The number of rotatable bonds is 2. The second-order valence-electron chi connectivity index (χ2n) is 4.91. The van der Waals surface area contributed by atoms with Crippen LogP contribution in [0, 0.1) is 11.8 Å². The highest BCUT2D eigenvalue weighted by Gasteiger charge is 2.36. The van der Waals surface area contributed by atoms with Gasteiger partial charge >= 0.3 is 12.1 Å². The number of amides is 4. The Morgan fingerprint density at radius 3 is 2.37 bits per heavy atom. The highest BCUT2D eigenvalue weighted by Crippen LogP contribution is 2.37. The molecular formula is C11H18N6O2. The lowest BCUT2D eigenvalue weighted by molar-refractivity contribution is 0.248. The van der Waals surface area contributed by atoms with Crippen molar-refractivity contribution in [2.75, 3.05) is 0 Å². The van der Waals surface area contributed by atoms with Crippen molar-refractivity contribution in [2.45, 2.75) is 32.1 Å². The standard InChI is InChI=1S/C11H18N6O2/c12-10(18)16-14-8-3-1-2-6-4-7(8)9(5-6)15-17-11(13)19/h6-7H,1-5H2,(H3,12,16,18)(H3,13,17,19). The summed E-state index contributed by atoms with van der Waals surface area (Å²) in [6.45, 7) is 0. The first-order valence-electron chi connectivity index (χ1n) is 6.30. The highest BCUT2D eigenvalue weighted by molar-refractivity contribution is 6.09. The maximum Gasteiger partial charge on any atom is 0.332 e. The molecule has 0 saturated heterocycles. The lowest BCUT2D eigenvalue weighted by Gasteiger charge is -2.14. The van der Waals surface area contributed by atoms with Crippen LogP contribution in [0.25, 0.3) is 0 Å². The number of hydrogen-bond donors (Lipinski definition) is 4. The summed E-state index contributed by atoms with van der Waals surface area (Å²) in [5, 5.41) is 8.12. The second kappa shape index (κ2) is 5.68. The first-order valence-corrected chi connectivity index (χ1v) is 6.30. The molecule has 8 nitrogen and oxygen atoms in total. The van der Waals surface area contributed by atoms with E-state index in [4.69, 9.17) is 11.5 Å². The van der Waals surface area contributed by atoms with Gasteiger partial charge in [-0.1, -0.05) is 0 Å². The molecule has 2 aliphatic carbocycles. The van der Waals surface area contributed by atoms with E-state index in [2.05, 4.69) is 21.1 Å². The highest BCUT2D eigenvalue weighted by atomic mass is 16.2. The SMILES string of the molecule is NC(=O)NN=C1CCCC2CC(=NNC(N)=O)C1C2. The summed E-state index contributed by atoms with van der Waals surface area (Å²) >= 11 is 0. The van der Waals surface area contributed by atoms with Gasteiger partial charge in [0.25, 0.3) is 0 Å². The van der Waals surface area contributed by atoms with Crippen LogP contribution >= 0.6 is 0 Å². The van der Waals surface area contributed by atoms with E-state index in [1.165, 1.54) is 0 Å². The Labute approximate surface area is 110 Å². The molecule has 4 amide bonds. The molecule has 8 heteroatoms. The molecule has 0 aromatic heterocycles. The van der Waals surface area contributed by atoms with E-state index >= 15 is 0 Å². The Balaban J connectivity index is 2.15. The van der Waals surface area contributed by atoms with Crippen LogP contribution < -0.4 is 22.3 Å². The minimum Gasteiger partial charge on any atom is -0.350 e. The Bertz CT molecular complexity index is 444. The molecule has 2 unspecified atom stereocenters. The van der Waals surface area contributed by atoms with E-state index in [0.29, 0.717) is 5.92 Å². The summed E-state index contributed by atoms with van der Waals surface area (Å²) in [6, 6.07) is -1.36. The summed E-state index contributed by atoms with van der Waals surface area (Å²) in [5.41, 5.74) is 16.3. The maximum absolute atomic E-state index is 10.7. The first kappa shape index (κ1) is 13.3. The number of primary amides is 2. The number of carbonyl (C=O) groups is 2. The van der Waals surface area contributed by atoms with Gasteiger partial charge in [-0.25, -0.2) is 20.4 Å². The van der Waals surface area contributed by atoms with Crippen LogP contribution in [-0.4, -0.2) is 23.5 Å². The molecule has 6 N–H and O–H groups in total. The van der Waals surface area contributed by atoms with Crippen LogP contribution in [0.1, 0.15) is 32.1 Å². The van der Waals surface area contributed by atoms with Gasteiger partial charge in [0.05, 0.1) is 0 Å². The number of hydrogen-bond acceptors (Lipinski definition) is 4. The average Bonchev–Trinajstić information content (AvgIpc) is 2.60. The molecule has 0 aromatic rings. The normalized spacial score (nSPS) is 30.1. The third-order valence-corrected chi connectivity index (χ3v) is 3.54. The smallest absolute Gasteiger partial charge is 0.332 e. The molecule has 2 atom stereocenters. The molecular weight excluding hydrogens is 248 g/mol. The number of hydrazone groups is 2. The monoisotopic (exact) mass is 266 g/mol. The van der Waals surface area contributed by atoms with Crippen LogP contribution in [0.5, 0.6) is 0 Å². The number of fused-ring (bicyclic) bond motifs is 2. The minimum absolute atomic E-state index is 0.0613. The molecule has 2 rings (SSSR count). The Hall–Kier alpha value is -2.12. The summed E-state index contributed by atoms with van der Waals surface area (Å²) in [7, 11) is 0. The van der Waals surface area contributed by atoms with Crippen molar-refractivity contribution in [1.82, 2.24) is 10.9 Å². The largest absolute Gasteiger partial charge is 0.350 e. The molecule has 0 aromatic carbocycles. The third kappa shape index (κ3) is 3.43. The number of carbonyl (C=O) groups excluding carboxylic acids is 2. The summed E-state index contributed by atoms with van der Waals surface area (Å²) in [5.74, 6) is 0.617. The fraction of sp³-hybridized carbons (Fsp3) is 0.636. The summed E-state index contributed by atoms with van der Waals surface area (Å²) < 4.78 is 0. The van der Waals surface area contributed by atoms with Crippen LogP contribution in [0.4, 0.5) is 9.59 Å². The van der Waals surface area contributed by atoms with Crippen LogP contribution in [-0.2, 0) is 0 Å². The van der Waals surface area contributed by atoms with Crippen molar-refractivity contribution in [3.05, 3.63) is 0 Å². The van der Waals surface area contributed by atoms with Crippen LogP contribution in [0.2, 0.25) is 0 Å². The Morgan fingerprint density at radius 2 is 1.74 bits per heavy atom. The van der Waals surface area contributed by atoms with Crippen molar-refractivity contribution in [3.63, 3.8) is 0 Å². The maximum atomic E-state index is 10.7. The van der Waals surface area contributed by atoms with Gasteiger partial charge in [0.1, 0.15) is 0 Å². The molecule has 2 fully saturated rings.